The molecule has 82 valence electrons. The smallest absolute Gasteiger partial charge is 0.240 e. The molecule has 0 aromatic heterocycles. The van der Waals surface area contributed by atoms with Gasteiger partial charge in [0.1, 0.15) is 0 Å². The first-order valence-electron chi connectivity index (χ1n) is 4.89. The molecule has 0 aliphatic carbocycles. The lowest BCUT2D eigenvalue weighted by atomic mass is 10.2. The van der Waals surface area contributed by atoms with E-state index < -0.39 is 6.04 Å². The van der Waals surface area contributed by atoms with Crippen LogP contribution in [-0.2, 0) is 9.59 Å². The topological polar surface area (TPSA) is 75.4 Å². The van der Waals surface area contributed by atoms with Crippen LogP contribution in [0.2, 0.25) is 0 Å². The van der Waals surface area contributed by atoms with Gasteiger partial charge in [0.05, 0.1) is 6.04 Å². The average molecular weight is 209 g/mol. The normalized spacial score (nSPS) is 18.7. The number of nitrogens with one attached hydrogen (secondary N) is 1. The predicted octanol–water partition coefficient (Wildman–Crippen LogP) is -1.31. The van der Waals surface area contributed by atoms with Gasteiger partial charge in [0.15, 0.2) is 0 Å². The molecule has 0 aromatic rings. The zero-order valence-corrected chi connectivity index (χ0v) is 8.53. The minimum atomic E-state index is -0.650. The lowest BCUT2D eigenvalue weighted by molar-refractivity contribution is -0.132. The maximum Gasteiger partial charge on any atom is 0.240 e. The highest BCUT2D eigenvalue weighted by Gasteiger charge is 2.22. The molecule has 5 nitrogen and oxygen atoms in total. The summed E-state index contributed by atoms with van der Waals surface area (Å²) in [5.74, 6) is 2.15. The van der Waals surface area contributed by atoms with Crippen molar-refractivity contribution in [2.24, 2.45) is 5.73 Å². The van der Waals surface area contributed by atoms with E-state index in [0.717, 1.165) is 0 Å². The molecule has 1 aliphatic heterocycles. The molecule has 0 radical (unpaired) electrons. The summed E-state index contributed by atoms with van der Waals surface area (Å²) in [6, 6.07) is -0.650. The maximum absolute atomic E-state index is 11.7. The minimum Gasteiger partial charge on any atom is -0.354 e. The number of terminal acetylenes is 1. The van der Waals surface area contributed by atoms with Crippen molar-refractivity contribution < 1.29 is 9.59 Å². The Hall–Kier alpha value is -1.54. The standard InChI is InChI=1S/C10H15N3O2/c1-2-3-8(11)10(15)13-6-4-9(14)12-5-7-13/h1,8H,3-7,11H2,(H,12,14). The number of hydrogen-bond acceptors (Lipinski definition) is 3. The molecule has 0 bridgehead atoms. The van der Waals surface area contributed by atoms with E-state index in [9.17, 15) is 9.59 Å². The predicted molar refractivity (Wildman–Crippen MR) is 55.6 cm³/mol. The van der Waals surface area contributed by atoms with E-state index in [1.807, 2.05) is 0 Å². The van der Waals surface area contributed by atoms with Gasteiger partial charge in [-0.2, -0.15) is 0 Å². The van der Waals surface area contributed by atoms with E-state index in [4.69, 9.17) is 12.2 Å². The molecule has 1 atom stereocenters. The lowest BCUT2D eigenvalue weighted by Gasteiger charge is -2.22. The van der Waals surface area contributed by atoms with Crippen LogP contribution in [0.5, 0.6) is 0 Å². The molecule has 2 amide bonds. The van der Waals surface area contributed by atoms with Crippen LogP contribution in [-0.4, -0.2) is 42.4 Å². The van der Waals surface area contributed by atoms with Crippen LogP contribution in [0.25, 0.3) is 0 Å². The Morgan fingerprint density at radius 3 is 3.07 bits per heavy atom. The van der Waals surface area contributed by atoms with Crippen LogP contribution >= 0.6 is 0 Å². The Morgan fingerprint density at radius 1 is 1.67 bits per heavy atom. The zero-order valence-electron chi connectivity index (χ0n) is 8.53. The van der Waals surface area contributed by atoms with Gasteiger partial charge in [-0.15, -0.1) is 12.3 Å². The second-order valence-electron chi connectivity index (χ2n) is 3.44. The van der Waals surface area contributed by atoms with Crippen molar-refractivity contribution in [1.29, 1.82) is 0 Å². The highest BCUT2D eigenvalue weighted by atomic mass is 16.2. The second kappa shape index (κ2) is 5.37. The second-order valence-corrected chi connectivity index (χ2v) is 3.44. The quantitative estimate of drug-likeness (QED) is 0.554. The van der Waals surface area contributed by atoms with Crippen LogP contribution < -0.4 is 11.1 Å². The highest BCUT2D eigenvalue weighted by molar-refractivity contribution is 5.83. The average Bonchev–Trinajstić information content (AvgIpc) is 2.42. The Morgan fingerprint density at radius 2 is 2.40 bits per heavy atom. The Bertz CT molecular complexity index is 296. The van der Waals surface area contributed by atoms with Gasteiger partial charge in [-0.05, 0) is 0 Å². The summed E-state index contributed by atoms with van der Waals surface area (Å²) in [5, 5.41) is 2.69. The van der Waals surface area contributed by atoms with Gasteiger partial charge >= 0.3 is 0 Å². The van der Waals surface area contributed by atoms with Crippen LogP contribution in [0.15, 0.2) is 0 Å². The molecule has 3 N–H and O–H groups in total. The van der Waals surface area contributed by atoms with Gasteiger partial charge in [0, 0.05) is 32.5 Å². The van der Waals surface area contributed by atoms with Crippen molar-refractivity contribution in [2.45, 2.75) is 18.9 Å². The van der Waals surface area contributed by atoms with E-state index in [1.165, 1.54) is 0 Å². The molecule has 1 saturated heterocycles. The van der Waals surface area contributed by atoms with E-state index >= 15 is 0 Å². The third-order valence-corrected chi connectivity index (χ3v) is 2.28. The van der Waals surface area contributed by atoms with Gasteiger partial charge in [-0.3, -0.25) is 9.59 Å². The molecule has 0 aromatic carbocycles. The van der Waals surface area contributed by atoms with Crippen LogP contribution in [0, 0.1) is 12.3 Å². The first-order chi connectivity index (χ1) is 7.15. The van der Waals surface area contributed by atoms with Gasteiger partial charge in [-0.1, -0.05) is 0 Å². The van der Waals surface area contributed by atoms with Gasteiger partial charge in [0.25, 0.3) is 0 Å². The summed E-state index contributed by atoms with van der Waals surface area (Å²) < 4.78 is 0. The summed E-state index contributed by atoms with van der Waals surface area (Å²) in [7, 11) is 0. The van der Waals surface area contributed by atoms with Crippen molar-refractivity contribution in [3.8, 4) is 12.3 Å². The van der Waals surface area contributed by atoms with Crippen LogP contribution in [0.3, 0.4) is 0 Å². The van der Waals surface area contributed by atoms with E-state index in [1.54, 1.807) is 4.90 Å². The summed E-state index contributed by atoms with van der Waals surface area (Å²) in [6.07, 6.45) is 5.64. The van der Waals surface area contributed by atoms with Gasteiger partial charge in [0.2, 0.25) is 11.8 Å². The summed E-state index contributed by atoms with van der Waals surface area (Å²) in [4.78, 5) is 24.3. The Kier molecular flexibility index (Phi) is 4.13. The lowest BCUT2D eigenvalue weighted by Crippen LogP contribution is -2.44. The maximum atomic E-state index is 11.7. The summed E-state index contributed by atoms with van der Waals surface area (Å²) in [5.41, 5.74) is 5.61. The highest BCUT2D eigenvalue weighted by Crippen LogP contribution is 2.01. The molecule has 0 saturated carbocycles. The van der Waals surface area contributed by atoms with Crippen molar-refractivity contribution in [3.63, 3.8) is 0 Å². The minimum absolute atomic E-state index is 0.0316. The number of nitrogens with zero attached hydrogens (tertiary/aromatic N) is 1. The molecule has 1 aliphatic rings. The van der Waals surface area contributed by atoms with Crippen molar-refractivity contribution >= 4 is 11.8 Å². The third kappa shape index (κ3) is 3.26. The van der Waals surface area contributed by atoms with E-state index in [2.05, 4.69) is 11.2 Å². The monoisotopic (exact) mass is 209 g/mol. The van der Waals surface area contributed by atoms with Gasteiger partial charge < -0.3 is 16.0 Å². The fourth-order valence-electron chi connectivity index (χ4n) is 1.44. The molecule has 1 rings (SSSR count). The van der Waals surface area contributed by atoms with Crippen molar-refractivity contribution in [3.05, 3.63) is 0 Å². The molecule has 1 fully saturated rings. The van der Waals surface area contributed by atoms with Crippen LogP contribution in [0.1, 0.15) is 12.8 Å². The molecule has 1 unspecified atom stereocenters. The molecular weight excluding hydrogens is 194 g/mol. The number of hydrogen-bond donors (Lipinski definition) is 2. The van der Waals surface area contributed by atoms with Crippen LogP contribution in [0.4, 0.5) is 0 Å². The van der Waals surface area contributed by atoms with Crippen molar-refractivity contribution in [1.82, 2.24) is 10.2 Å². The molecule has 15 heavy (non-hydrogen) atoms. The summed E-state index contributed by atoms with van der Waals surface area (Å²) in [6.45, 7) is 1.40. The van der Waals surface area contributed by atoms with Crippen molar-refractivity contribution in [2.75, 3.05) is 19.6 Å². The number of carbonyl (C=O) groups is 2. The fourth-order valence-corrected chi connectivity index (χ4v) is 1.44. The SMILES string of the molecule is C#CCC(N)C(=O)N1CCNC(=O)CC1. The van der Waals surface area contributed by atoms with E-state index in [0.29, 0.717) is 26.1 Å². The number of nitrogens with two attached hydrogens (primary N) is 1. The molecule has 0 spiro atoms. The Labute approximate surface area is 89.0 Å². The van der Waals surface area contributed by atoms with E-state index in [-0.39, 0.29) is 18.2 Å². The third-order valence-electron chi connectivity index (χ3n) is 2.28. The fraction of sp³-hybridized carbons (Fsp3) is 0.600. The molecule has 5 heteroatoms. The first-order valence-corrected chi connectivity index (χ1v) is 4.89. The molecule has 1 heterocycles. The largest absolute Gasteiger partial charge is 0.354 e. The first kappa shape index (κ1) is 11.5. The number of amides is 2. The molecular formula is C10H15N3O2. The summed E-state index contributed by atoms with van der Waals surface area (Å²) >= 11 is 0. The number of carbonyl (C=O) groups excluding carboxylic acids is 2. The Balaban J connectivity index is 2.52. The number of rotatable bonds is 2. The van der Waals surface area contributed by atoms with Gasteiger partial charge in [-0.25, -0.2) is 0 Å². The zero-order chi connectivity index (χ0) is 11.3.